The Hall–Kier alpha value is -2.29. The fourth-order valence-electron chi connectivity index (χ4n) is 4.14. The van der Waals surface area contributed by atoms with Gasteiger partial charge in [0.2, 0.25) is 11.8 Å². The van der Waals surface area contributed by atoms with Gasteiger partial charge in [0, 0.05) is 44.0 Å². The summed E-state index contributed by atoms with van der Waals surface area (Å²) in [6.07, 6.45) is 4.59. The first kappa shape index (κ1) is 27.3. The molecule has 0 aliphatic carbocycles. The fourth-order valence-corrected chi connectivity index (χ4v) is 4.86. The largest absolute Gasteiger partial charge is 0.379 e. The van der Waals surface area contributed by atoms with Crippen molar-refractivity contribution >= 4 is 23.2 Å². The van der Waals surface area contributed by atoms with Crippen LogP contribution in [-0.2, 0) is 27.4 Å². The van der Waals surface area contributed by atoms with Crippen LogP contribution in [0.4, 0.5) is 4.39 Å². The molecule has 3 rings (SSSR count). The third-order valence-corrected chi connectivity index (χ3v) is 7.14. The number of unbranched alkanes of at least 4 members (excludes halogenated alkanes) is 3. The van der Waals surface area contributed by atoms with Gasteiger partial charge < -0.3 is 14.5 Å². The SMILES string of the molecule is CCCCCCC(=O)N(CCN1CCOCC1)CC(=O)N(Cc1ccc(F)cc1)Cc1cccs1. The molecule has 2 amide bonds. The topological polar surface area (TPSA) is 53.1 Å². The third kappa shape index (κ3) is 9.70. The summed E-state index contributed by atoms with van der Waals surface area (Å²) in [5.41, 5.74) is 0.863. The van der Waals surface area contributed by atoms with Crippen molar-refractivity contribution in [2.24, 2.45) is 0 Å². The molecule has 1 fully saturated rings. The van der Waals surface area contributed by atoms with Crippen LogP contribution < -0.4 is 0 Å². The van der Waals surface area contributed by atoms with E-state index < -0.39 is 0 Å². The predicted octanol–water partition coefficient (Wildman–Crippen LogP) is 4.55. The van der Waals surface area contributed by atoms with Crippen LogP contribution in [0.25, 0.3) is 0 Å². The summed E-state index contributed by atoms with van der Waals surface area (Å²) in [4.78, 5) is 33.5. The molecule has 35 heavy (non-hydrogen) atoms. The summed E-state index contributed by atoms with van der Waals surface area (Å²) in [7, 11) is 0. The van der Waals surface area contributed by atoms with Crippen LogP contribution in [0.1, 0.15) is 49.5 Å². The molecule has 1 aromatic heterocycles. The Morgan fingerprint density at radius 2 is 1.77 bits per heavy atom. The molecular weight excluding hydrogens is 465 g/mol. The van der Waals surface area contributed by atoms with E-state index in [0.717, 1.165) is 55.8 Å². The lowest BCUT2D eigenvalue weighted by Crippen LogP contribution is -2.47. The molecule has 1 saturated heterocycles. The van der Waals surface area contributed by atoms with Crippen molar-refractivity contribution in [3.05, 3.63) is 58.0 Å². The molecule has 1 aliphatic rings. The summed E-state index contributed by atoms with van der Waals surface area (Å²) in [6.45, 7) is 7.42. The standard InChI is InChI=1S/C27H38FN3O3S/c1-2-3-4-5-8-26(32)30(14-13-29-15-17-34-18-16-29)22-27(33)31(21-25-7-6-19-35-25)20-23-9-11-24(28)12-10-23/h6-7,9-12,19H,2-5,8,13-18,20-22H2,1H3. The number of hydrogen-bond acceptors (Lipinski definition) is 5. The maximum atomic E-state index is 13.5. The van der Waals surface area contributed by atoms with E-state index in [2.05, 4.69) is 11.8 Å². The van der Waals surface area contributed by atoms with Crippen molar-refractivity contribution in [1.29, 1.82) is 0 Å². The number of rotatable bonds is 14. The number of carbonyl (C=O) groups excluding carboxylic acids is 2. The highest BCUT2D eigenvalue weighted by Crippen LogP contribution is 2.16. The van der Waals surface area contributed by atoms with E-state index in [-0.39, 0.29) is 24.2 Å². The highest BCUT2D eigenvalue weighted by molar-refractivity contribution is 7.09. The van der Waals surface area contributed by atoms with Crippen molar-refractivity contribution in [2.75, 3.05) is 45.9 Å². The fraction of sp³-hybridized carbons (Fsp3) is 0.556. The quantitative estimate of drug-likeness (QED) is 0.355. The Kier molecular flexibility index (Phi) is 11.7. The van der Waals surface area contributed by atoms with Gasteiger partial charge in [-0.05, 0) is 35.6 Å². The first-order chi connectivity index (χ1) is 17.0. The van der Waals surface area contributed by atoms with Gasteiger partial charge in [0.15, 0.2) is 0 Å². The van der Waals surface area contributed by atoms with Gasteiger partial charge in [0.1, 0.15) is 5.82 Å². The lowest BCUT2D eigenvalue weighted by molar-refractivity contribution is -0.141. The molecule has 0 spiro atoms. The van der Waals surface area contributed by atoms with Crippen LogP contribution >= 0.6 is 11.3 Å². The van der Waals surface area contributed by atoms with E-state index in [1.54, 1.807) is 33.3 Å². The minimum absolute atomic E-state index is 0.0422. The number of benzene rings is 1. The number of morpholine rings is 1. The van der Waals surface area contributed by atoms with Gasteiger partial charge in [-0.3, -0.25) is 14.5 Å². The molecule has 2 aromatic rings. The van der Waals surface area contributed by atoms with Crippen LogP contribution in [0.3, 0.4) is 0 Å². The van der Waals surface area contributed by atoms with E-state index in [4.69, 9.17) is 4.74 Å². The molecule has 0 bridgehead atoms. The van der Waals surface area contributed by atoms with Gasteiger partial charge in [-0.1, -0.05) is 44.4 Å². The second-order valence-corrected chi connectivity index (χ2v) is 10.1. The minimum Gasteiger partial charge on any atom is -0.379 e. The molecule has 0 unspecified atom stereocenters. The Morgan fingerprint density at radius 3 is 2.46 bits per heavy atom. The second kappa shape index (κ2) is 15.0. The summed E-state index contributed by atoms with van der Waals surface area (Å²) >= 11 is 1.60. The summed E-state index contributed by atoms with van der Waals surface area (Å²) in [5.74, 6) is -0.347. The van der Waals surface area contributed by atoms with Crippen LogP contribution in [0, 0.1) is 5.82 Å². The van der Waals surface area contributed by atoms with Gasteiger partial charge in [-0.15, -0.1) is 11.3 Å². The van der Waals surface area contributed by atoms with Gasteiger partial charge in [0.25, 0.3) is 0 Å². The van der Waals surface area contributed by atoms with Gasteiger partial charge >= 0.3 is 0 Å². The Labute approximate surface area is 212 Å². The summed E-state index contributed by atoms with van der Waals surface area (Å²) in [5, 5.41) is 1.99. The monoisotopic (exact) mass is 503 g/mol. The first-order valence-corrected chi connectivity index (χ1v) is 13.6. The van der Waals surface area contributed by atoms with Crippen molar-refractivity contribution in [1.82, 2.24) is 14.7 Å². The number of carbonyl (C=O) groups is 2. The van der Waals surface area contributed by atoms with Gasteiger partial charge in [0.05, 0.1) is 26.3 Å². The zero-order valence-corrected chi connectivity index (χ0v) is 21.6. The number of nitrogens with zero attached hydrogens (tertiary/aromatic N) is 3. The van der Waals surface area contributed by atoms with E-state index in [1.165, 1.54) is 12.1 Å². The van der Waals surface area contributed by atoms with Crippen molar-refractivity contribution in [3.8, 4) is 0 Å². The van der Waals surface area contributed by atoms with Crippen molar-refractivity contribution < 1.29 is 18.7 Å². The van der Waals surface area contributed by atoms with Crippen molar-refractivity contribution in [2.45, 2.75) is 52.1 Å². The molecule has 2 heterocycles. The maximum Gasteiger partial charge on any atom is 0.242 e. The molecule has 0 saturated carbocycles. The first-order valence-electron chi connectivity index (χ1n) is 12.7. The molecule has 6 nitrogen and oxygen atoms in total. The minimum atomic E-state index is -0.298. The van der Waals surface area contributed by atoms with Crippen LogP contribution in [-0.4, -0.2) is 72.5 Å². The zero-order valence-electron chi connectivity index (χ0n) is 20.8. The molecule has 192 valence electrons. The lowest BCUT2D eigenvalue weighted by Gasteiger charge is -2.31. The van der Waals surface area contributed by atoms with E-state index in [1.807, 2.05) is 17.5 Å². The summed E-state index contributed by atoms with van der Waals surface area (Å²) < 4.78 is 18.8. The molecule has 0 atom stereocenters. The molecule has 1 aliphatic heterocycles. The highest BCUT2D eigenvalue weighted by atomic mass is 32.1. The number of ether oxygens (including phenoxy) is 1. The molecule has 8 heteroatoms. The van der Waals surface area contributed by atoms with Crippen molar-refractivity contribution in [3.63, 3.8) is 0 Å². The average molecular weight is 504 g/mol. The number of amides is 2. The normalized spacial score (nSPS) is 14.1. The molecular formula is C27H38FN3O3S. The maximum absolute atomic E-state index is 13.5. The lowest BCUT2D eigenvalue weighted by atomic mass is 10.1. The smallest absolute Gasteiger partial charge is 0.242 e. The molecule has 0 radical (unpaired) electrons. The number of thiophene rings is 1. The Balaban J connectivity index is 1.67. The van der Waals surface area contributed by atoms with E-state index in [0.29, 0.717) is 39.3 Å². The van der Waals surface area contributed by atoms with Crippen LogP contribution in [0.5, 0.6) is 0 Å². The number of hydrogen-bond donors (Lipinski definition) is 0. The average Bonchev–Trinajstić information content (AvgIpc) is 3.39. The van der Waals surface area contributed by atoms with E-state index >= 15 is 0 Å². The predicted molar refractivity (Wildman–Crippen MR) is 138 cm³/mol. The summed E-state index contributed by atoms with van der Waals surface area (Å²) in [6, 6.07) is 10.2. The Morgan fingerprint density at radius 1 is 1.00 bits per heavy atom. The molecule has 0 N–H and O–H groups in total. The third-order valence-electron chi connectivity index (χ3n) is 6.28. The van der Waals surface area contributed by atoms with Gasteiger partial charge in [-0.25, -0.2) is 4.39 Å². The van der Waals surface area contributed by atoms with Crippen LogP contribution in [0.2, 0.25) is 0 Å². The molecule has 1 aromatic carbocycles. The zero-order chi connectivity index (χ0) is 24.9. The van der Waals surface area contributed by atoms with E-state index in [9.17, 15) is 14.0 Å². The van der Waals surface area contributed by atoms with Gasteiger partial charge in [-0.2, -0.15) is 0 Å². The number of halogens is 1. The Bertz CT molecular complexity index is 886. The van der Waals surface area contributed by atoms with Crippen LogP contribution in [0.15, 0.2) is 41.8 Å². The highest BCUT2D eigenvalue weighted by Gasteiger charge is 2.23. The second-order valence-electron chi connectivity index (χ2n) is 9.04.